The second-order valence-corrected chi connectivity index (χ2v) is 3.29. The molecule has 4 heteroatoms. The molecule has 70 valence electrons. The van der Waals surface area contributed by atoms with Crippen molar-refractivity contribution in [1.82, 2.24) is 10.2 Å². The molecule has 1 aliphatic rings. The summed E-state index contributed by atoms with van der Waals surface area (Å²) in [7, 11) is 1.88. The molecule has 1 saturated heterocycles. The maximum Gasteiger partial charge on any atom is 0.317 e. The topological polar surface area (TPSA) is 52.6 Å². The van der Waals surface area contributed by atoms with Crippen molar-refractivity contribution in [2.75, 3.05) is 26.7 Å². The average Bonchev–Trinajstić information content (AvgIpc) is 2.05. The number of hydrogen-bond acceptors (Lipinski definition) is 3. The lowest BCUT2D eigenvalue weighted by Gasteiger charge is -2.30. The number of nitrogens with zero attached hydrogens (tertiary/aromatic N) is 1. The van der Waals surface area contributed by atoms with Crippen LogP contribution in [-0.2, 0) is 4.79 Å². The molecule has 0 bridgehead atoms. The molecule has 12 heavy (non-hydrogen) atoms. The summed E-state index contributed by atoms with van der Waals surface area (Å²) in [6.45, 7) is 2.17. The van der Waals surface area contributed by atoms with Crippen LogP contribution in [0.5, 0.6) is 0 Å². The van der Waals surface area contributed by atoms with E-state index in [0.717, 1.165) is 25.9 Å². The molecule has 2 N–H and O–H groups in total. The molecule has 4 nitrogen and oxygen atoms in total. The Morgan fingerprint density at radius 2 is 2.17 bits per heavy atom. The number of aliphatic carboxylic acids is 1. The van der Waals surface area contributed by atoms with Crippen molar-refractivity contribution in [1.29, 1.82) is 0 Å². The lowest BCUT2D eigenvalue weighted by atomic mass is 10.1. The fourth-order valence-electron chi connectivity index (χ4n) is 1.59. The largest absolute Gasteiger partial charge is 0.480 e. The van der Waals surface area contributed by atoms with Crippen LogP contribution in [0.2, 0.25) is 0 Å². The number of hydrogen-bond donors (Lipinski definition) is 2. The third-order valence-corrected chi connectivity index (χ3v) is 2.32. The number of carbonyl (C=O) groups is 1. The highest BCUT2D eigenvalue weighted by atomic mass is 16.4. The van der Waals surface area contributed by atoms with Gasteiger partial charge in [0, 0.05) is 6.04 Å². The summed E-state index contributed by atoms with van der Waals surface area (Å²) in [5.41, 5.74) is 0. The first-order chi connectivity index (χ1) is 5.70. The highest BCUT2D eigenvalue weighted by Gasteiger charge is 2.18. The Hall–Kier alpha value is -0.610. The summed E-state index contributed by atoms with van der Waals surface area (Å²) in [4.78, 5) is 12.3. The minimum absolute atomic E-state index is 0.157. The Morgan fingerprint density at radius 1 is 1.58 bits per heavy atom. The van der Waals surface area contributed by atoms with E-state index < -0.39 is 5.97 Å². The highest BCUT2D eigenvalue weighted by molar-refractivity contribution is 5.69. The van der Waals surface area contributed by atoms with Crippen LogP contribution in [0.1, 0.15) is 12.8 Å². The number of rotatable bonds is 3. The lowest BCUT2D eigenvalue weighted by Crippen LogP contribution is -2.43. The Labute approximate surface area is 72.6 Å². The quantitative estimate of drug-likeness (QED) is 0.616. The molecule has 0 aromatic heterocycles. The van der Waals surface area contributed by atoms with Gasteiger partial charge in [-0.15, -0.1) is 0 Å². The summed E-state index contributed by atoms with van der Waals surface area (Å²) in [6.07, 6.45) is 2.12. The van der Waals surface area contributed by atoms with Crippen molar-refractivity contribution in [2.24, 2.45) is 0 Å². The molecule has 1 heterocycles. The van der Waals surface area contributed by atoms with Gasteiger partial charge in [0.1, 0.15) is 0 Å². The molecule has 1 rings (SSSR count). The van der Waals surface area contributed by atoms with E-state index in [9.17, 15) is 4.79 Å². The van der Waals surface area contributed by atoms with E-state index >= 15 is 0 Å². The smallest absolute Gasteiger partial charge is 0.317 e. The highest BCUT2D eigenvalue weighted by Crippen LogP contribution is 2.08. The molecule has 1 fully saturated rings. The van der Waals surface area contributed by atoms with Crippen LogP contribution < -0.4 is 5.32 Å². The molecule has 1 aliphatic heterocycles. The fraction of sp³-hybridized carbons (Fsp3) is 0.875. The van der Waals surface area contributed by atoms with Crippen molar-refractivity contribution in [2.45, 2.75) is 18.9 Å². The van der Waals surface area contributed by atoms with Crippen LogP contribution in [0.15, 0.2) is 0 Å². The van der Waals surface area contributed by atoms with Crippen LogP contribution in [-0.4, -0.2) is 48.7 Å². The second kappa shape index (κ2) is 4.42. The molecule has 0 saturated carbocycles. The third kappa shape index (κ3) is 2.79. The molecule has 0 spiro atoms. The van der Waals surface area contributed by atoms with Gasteiger partial charge in [0.25, 0.3) is 0 Å². The van der Waals surface area contributed by atoms with E-state index in [1.165, 1.54) is 0 Å². The first kappa shape index (κ1) is 9.48. The zero-order valence-corrected chi connectivity index (χ0v) is 7.42. The Kier molecular flexibility index (Phi) is 3.49. The van der Waals surface area contributed by atoms with Crippen molar-refractivity contribution in [3.63, 3.8) is 0 Å². The lowest BCUT2D eigenvalue weighted by molar-refractivity contribution is -0.138. The van der Waals surface area contributed by atoms with E-state index in [0.29, 0.717) is 6.04 Å². The van der Waals surface area contributed by atoms with Crippen molar-refractivity contribution < 1.29 is 9.90 Å². The molecule has 0 amide bonds. The van der Waals surface area contributed by atoms with E-state index in [-0.39, 0.29) is 6.54 Å². The molecule has 0 aromatic rings. The molecule has 0 radical (unpaired) electrons. The number of carboxylic acids is 1. The van der Waals surface area contributed by atoms with Crippen LogP contribution in [0.3, 0.4) is 0 Å². The summed E-state index contributed by atoms with van der Waals surface area (Å²) < 4.78 is 0. The number of piperidine rings is 1. The second-order valence-electron chi connectivity index (χ2n) is 3.29. The Balaban J connectivity index is 2.29. The van der Waals surface area contributed by atoms with Gasteiger partial charge in [0.15, 0.2) is 0 Å². The number of carboxylic acid groups (broad SMARTS) is 1. The fourth-order valence-corrected chi connectivity index (χ4v) is 1.59. The average molecular weight is 172 g/mol. The van der Waals surface area contributed by atoms with Gasteiger partial charge in [0.2, 0.25) is 0 Å². The molecule has 0 atom stereocenters. The van der Waals surface area contributed by atoms with Gasteiger partial charge < -0.3 is 10.4 Å². The van der Waals surface area contributed by atoms with E-state index in [1.54, 1.807) is 0 Å². The normalized spacial score (nSPS) is 19.8. The minimum Gasteiger partial charge on any atom is -0.480 e. The SMILES string of the molecule is CN(CC(=O)O)C1CCNCC1. The van der Waals surface area contributed by atoms with Gasteiger partial charge in [0.05, 0.1) is 6.54 Å². The van der Waals surface area contributed by atoms with Crippen molar-refractivity contribution in [3.05, 3.63) is 0 Å². The number of likely N-dealkylation sites (N-methyl/N-ethyl adjacent to an activating group) is 1. The monoisotopic (exact) mass is 172 g/mol. The van der Waals surface area contributed by atoms with Crippen LogP contribution in [0, 0.1) is 0 Å². The maximum atomic E-state index is 10.4. The summed E-state index contributed by atoms with van der Waals surface area (Å²) in [5.74, 6) is -0.740. The molecule has 0 unspecified atom stereocenters. The molecular weight excluding hydrogens is 156 g/mol. The Morgan fingerprint density at radius 3 is 2.67 bits per heavy atom. The summed E-state index contributed by atoms with van der Waals surface area (Å²) >= 11 is 0. The Bertz CT molecular complexity index is 155. The van der Waals surface area contributed by atoms with Crippen molar-refractivity contribution >= 4 is 5.97 Å². The summed E-state index contributed by atoms with van der Waals surface area (Å²) in [6, 6.07) is 0.447. The number of nitrogens with one attached hydrogen (secondary N) is 1. The van der Waals surface area contributed by atoms with Crippen LogP contribution in [0.4, 0.5) is 0 Å². The maximum absolute atomic E-state index is 10.4. The van der Waals surface area contributed by atoms with Crippen LogP contribution in [0.25, 0.3) is 0 Å². The molecule has 0 aliphatic carbocycles. The van der Waals surface area contributed by atoms with Crippen molar-refractivity contribution in [3.8, 4) is 0 Å². The zero-order chi connectivity index (χ0) is 8.97. The third-order valence-electron chi connectivity index (χ3n) is 2.32. The van der Waals surface area contributed by atoms with Gasteiger partial charge in [-0.25, -0.2) is 0 Å². The van der Waals surface area contributed by atoms with E-state index in [2.05, 4.69) is 5.32 Å². The van der Waals surface area contributed by atoms with Gasteiger partial charge in [-0.2, -0.15) is 0 Å². The minimum atomic E-state index is -0.740. The van der Waals surface area contributed by atoms with Gasteiger partial charge in [-0.1, -0.05) is 0 Å². The summed E-state index contributed by atoms with van der Waals surface area (Å²) in [5, 5.41) is 11.8. The zero-order valence-electron chi connectivity index (χ0n) is 7.42. The molecule has 0 aromatic carbocycles. The first-order valence-corrected chi connectivity index (χ1v) is 4.33. The molecular formula is C8H16N2O2. The van der Waals surface area contributed by atoms with Gasteiger partial charge in [-0.05, 0) is 33.0 Å². The predicted molar refractivity (Wildman–Crippen MR) is 46.2 cm³/mol. The van der Waals surface area contributed by atoms with E-state index in [4.69, 9.17) is 5.11 Å². The predicted octanol–water partition coefficient (Wildman–Crippen LogP) is -0.245. The van der Waals surface area contributed by atoms with E-state index in [1.807, 2.05) is 11.9 Å². The first-order valence-electron chi connectivity index (χ1n) is 4.33. The van der Waals surface area contributed by atoms with Crippen LogP contribution >= 0.6 is 0 Å². The van der Waals surface area contributed by atoms with Gasteiger partial charge in [-0.3, -0.25) is 9.69 Å². The van der Waals surface area contributed by atoms with Gasteiger partial charge >= 0.3 is 5.97 Å². The standard InChI is InChI=1S/C8H16N2O2/c1-10(6-8(11)12)7-2-4-9-5-3-7/h7,9H,2-6H2,1H3,(H,11,12).